The van der Waals surface area contributed by atoms with E-state index in [0.717, 1.165) is 11.0 Å². The SMILES string of the molecule is CCOC(=O)c1nn2nc[nH]c(=O)c2c1F. The second-order valence-electron chi connectivity index (χ2n) is 2.84. The highest BCUT2D eigenvalue weighted by molar-refractivity contribution is 5.89. The molecule has 0 spiro atoms. The van der Waals surface area contributed by atoms with Crippen LogP contribution >= 0.6 is 0 Å². The van der Waals surface area contributed by atoms with Gasteiger partial charge in [-0.25, -0.2) is 9.18 Å². The van der Waals surface area contributed by atoms with Gasteiger partial charge < -0.3 is 9.72 Å². The number of esters is 1. The lowest BCUT2D eigenvalue weighted by molar-refractivity contribution is 0.0513. The van der Waals surface area contributed by atoms with Gasteiger partial charge in [0.05, 0.1) is 6.61 Å². The molecule has 0 atom stereocenters. The van der Waals surface area contributed by atoms with Gasteiger partial charge in [0, 0.05) is 0 Å². The predicted molar refractivity (Wildman–Crippen MR) is 49.5 cm³/mol. The number of rotatable bonds is 2. The van der Waals surface area contributed by atoms with Crippen LogP contribution in [0.25, 0.3) is 5.52 Å². The molecular formula is C8H7FN4O3. The third-order valence-corrected chi connectivity index (χ3v) is 1.86. The van der Waals surface area contributed by atoms with Crippen LogP contribution < -0.4 is 5.56 Å². The van der Waals surface area contributed by atoms with E-state index < -0.39 is 28.6 Å². The molecule has 0 aliphatic heterocycles. The number of nitrogens with one attached hydrogen (secondary N) is 1. The molecule has 0 aliphatic rings. The van der Waals surface area contributed by atoms with E-state index in [-0.39, 0.29) is 6.61 Å². The van der Waals surface area contributed by atoms with Crippen LogP contribution in [0.15, 0.2) is 11.1 Å². The summed E-state index contributed by atoms with van der Waals surface area (Å²) in [5, 5.41) is 7.10. The van der Waals surface area contributed by atoms with Crippen molar-refractivity contribution in [1.82, 2.24) is 19.8 Å². The van der Waals surface area contributed by atoms with Gasteiger partial charge in [-0.1, -0.05) is 0 Å². The first-order valence-electron chi connectivity index (χ1n) is 4.44. The number of aromatic amines is 1. The van der Waals surface area contributed by atoms with Crippen molar-refractivity contribution < 1.29 is 13.9 Å². The minimum atomic E-state index is -1.03. The maximum absolute atomic E-state index is 13.6. The lowest BCUT2D eigenvalue weighted by atomic mass is 10.4. The molecule has 0 saturated carbocycles. The molecule has 0 aromatic carbocycles. The number of carbonyl (C=O) groups excluding carboxylic acids is 1. The molecule has 2 rings (SSSR count). The zero-order valence-electron chi connectivity index (χ0n) is 8.23. The fourth-order valence-corrected chi connectivity index (χ4v) is 1.20. The van der Waals surface area contributed by atoms with Crippen LogP contribution in [0.4, 0.5) is 4.39 Å². The Balaban J connectivity index is 2.65. The Morgan fingerprint density at radius 3 is 3.06 bits per heavy atom. The van der Waals surface area contributed by atoms with E-state index in [0.29, 0.717) is 0 Å². The van der Waals surface area contributed by atoms with Crippen LogP contribution in [-0.2, 0) is 4.74 Å². The number of hydrogen-bond donors (Lipinski definition) is 1. The molecule has 0 amide bonds. The van der Waals surface area contributed by atoms with Gasteiger partial charge in [0.1, 0.15) is 6.33 Å². The van der Waals surface area contributed by atoms with Gasteiger partial charge in [0.15, 0.2) is 11.3 Å². The fourth-order valence-electron chi connectivity index (χ4n) is 1.20. The van der Waals surface area contributed by atoms with Gasteiger partial charge in [0.25, 0.3) is 5.56 Å². The number of fused-ring (bicyclic) bond motifs is 1. The first-order chi connectivity index (χ1) is 7.65. The average molecular weight is 226 g/mol. The number of nitrogens with zero attached hydrogens (tertiary/aromatic N) is 3. The van der Waals surface area contributed by atoms with Crippen LogP contribution in [-0.4, -0.2) is 32.4 Å². The Morgan fingerprint density at radius 2 is 2.44 bits per heavy atom. The summed E-state index contributed by atoms with van der Waals surface area (Å²) in [4.78, 5) is 24.7. The molecule has 0 radical (unpaired) electrons. The van der Waals surface area contributed by atoms with Gasteiger partial charge in [0.2, 0.25) is 5.69 Å². The number of H-pyrrole nitrogens is 1. The zero-order chi connectivity index (χ0) is 11.7. The van der Waals surface area contributed by atoms with Crippen molar-refractivity contribution in [2.45, 2.75) is 6.92 Å². The summed E-state index contributed by atoms with van der Waals surface area (Å²) in [6.07, 6.45) is 1.05. The Labute approximate surface area is 87.8 Å². The molecule has 0 fully saturated rings. The van der Waals surface area contributed by atoms with Crippen molar-refractivity contribution in [2.75, 3.05) is 6.61 Å². The lowest BCUT2D eigenvalue weighted by Gasteiger charge is -1.95. The second kappa shape index (κ2) is 3.72. The molecule has 0 aliphatic carbocycles. The number of carbonyl (C=O) groups is 1. The maximum Gasteiger partial charge on any atom is 0.362 e. The largest absolute Gasteiger partial charge is 0.461 e. The van der Waals surface area contributed by atoms with E-state index in [1.54, 1.807) is 6.92 Å². The number of halogens is 1. The van der Waals surface area contributed by atoms with Gasteiger partial charge in [-0.3, -0.25) is 4.79 Å². The molecule has 0 unspecified atom stereocenters. The van der Waals surface area contributed by atoms with Crippen LogP contribution in [0, 0.1) is 5.82 Å². The highest BCUT2D eigenvalue weighted by Gasteiger charge is 2.22. The first kappa shape index (κ1) is 10.3. The highest BCUT2D eigenvalue weighted by atomic mass is 19.1. The normalized spacial score (nSPS) is 10.6. The molecule has 8 heteroatoms. The molecule has 0 saturated heterocycles. The van der Waals surface area contributed by atoms with Crippen LogP contribution in [0.5, 0.6) is 0 Å². The van der Waals surface area contributed by atoms with E-state index in [1.165, 1.54) is 0 Å². The number of hydrogen-bond acceptors (Lipinski definition) is 5. The van der Waals surface area contributed by atoms with Gasteiger partial charge in [-0.2, -0.15) is 0 Å². The quantitative estimate of drug-likeness (QED) is 0.712. The summed E-state index contributed by atoms with van der Waals surface area (Å²) in [5.74, 6) is -1.96. The third kappa shape index (κ3) is 1.44. The molecule has 2 aromatic rings. The standard InChI is InChI=1S/C8H7FN4O3/c1-2-16-8(15)5-4(9)6-7(14)10-3-11-13(6)12-5/h3H,2H2,1H3,(H,10,11,14). The van der Waals surface area contributed by atoms with Crippen molar-refractivity contribution in [3.63, 3.8) is 0 Å². The Bertz CT molecular complexity index is 603. The second-order valence-corrected chi connectivity index (χ2v) is 2.84. The zero-order valence-corrected chi connectivity index (χ0v) is 8.23. The number of ether oxygens (including phenoxy) is 1. The van der Waals surface area contributed by atoms with Crippen molar-refractivity contribution in [2.24, 2.45) is 0 Å². The molecule has 1 N–H and O–H groups in total. The summed E-state index contributed by atoms with van der Waals surface area (Å²) in [7, 11) is 0. The molecular weight excluding hydrogens is 219 g/mol. The molecule has 2 heterocycles. The molecule has 7 nitrogen and oxygen atoms in total. The fraction of sp³-hybridized carbons (Fsp3) is 0.250. The predicted octanol–water partition coefficient (Wildman–Crippen LogP) is -0.267. The van der Waals surface area contributed by atoms with Gasteiger partial charge >= 0.3 is 5.97 Å². The van der Waals surface area contributed by atoms with E-state index in [9.17, 15) is 14.0 Å². The first-order valence-corrected chi connectivity index (χ1v) is 4.44. The van der Waals surface area contributed by atoms with Crippen LogP contribution in [0.3, 0.4) is 0 Å². The molecule has 84 valence electrons. The summed E-state index contributed by atoms with van der Waals surface area (Å²) in [6.45, 7) is 1.67. The van der Waals surface area contributed by atoms with Crippen LogP contribution in [0.2, 0.25) is 0 Å². The van der Waals surface area contributed by atoms with Crippen LogP contribution in [0.1, 0.15) is 17.4 Å². The average Bonchev–Trinajstić information content (AvgIpc) is 2.58. The summed E-state index contributed by atoms with van der Waals surface area (Å²) < 4.78 is 19.0. The maximum atomic E-state index is 13.6. The minimum Gasteiger partial charge on any atom is -0.461 e. The summed E-state index contributed by atoms with van der Waals surface area (Å²) >= 11 is 0. The van der Waals surface area contributed by atoms with E-state index in [4.69, 9.17) is 0 Å². The Hall–Kier alpha value is -2.25. The smallest absolute Gasteiger partial charge is 0.362 e. The van der Waals surface area contributed by atoms with E-state index in [1.807, 2.05) is 0 Å². The third-order valence-electron chi connectivity index (χ3n) is 1.86. The van der Waals surface area contributed by atoms with Gasteiger partial charge in [-0.15, -0.1) is 14.8 Å². The van der Waals surface area contributed by atoms with E-state index in [2.05, 4.69) is 19.9 Å². The topological polar surface area (TPSA) is 89.3 Å². The van der Waals surface area contributed by atoms with Gasteiger partial charge in [-0.05, 0) is 6.92 Å². The van der Waals surface area contributed by atoms with Crippen molar-refractivity contribution in [3.8, 4) is 0 Å². The van der Waals surface area contributed by atoms with E-state index >= 15 is 0 Å². The Kier molecular flexibility index (Phi) is 2.39. The summed E-state index contributed by atoms with van der Waals surface area (Å²) in [5.41, 5.74) is -1.67. The number of aromatic nitrogens is 4. The van der Waals surface area contributed by atoms with Crippen molar-refractivity contribution >= 4 is 11.5 Å². The monoisotopic (exact) mass is 226 g/mol. The molecule has 16 heavy (non-hydrogen) atoms. The molecule has 0 bridgehead atoms. The molecule has 2 aromatic heterocycles. The Morgan fingerprint density at radius 1 is 1.69 bits per heavy atom. The minimum absolute atomic E-state index is 0.0932. The van der Waals surface area contributed by atoms with Crippen molar-refractivity contribution in [3.05, 3.63) is 28.2 Å². The lowest BCUT2D eigenvalue weighted by Crippen LogP contribution is -2.11. The highest BCUT2D eigenvalue weighted by Crippen LogP contribution is 2.09. The summed E-state index contributed by atoms with van der Waals surface area (Å²) in [6, 6.07) is 0. The van der Waals surface area contributed by atoms with Crippen molar-refractivity contribution in [1.29, 1.82) is 0 Å².